The molecule has 17 heavy (non-hydrogen) atoms. The Bertz CT molecular complexity index is 329. The van der Waals surface area contributed by atoms with E-state index in [2.05, 4.69) is 29.5 Å². The van der Waals surface area contributed by atoms with Gasteiger partial charge in [-0.2, -0.15) is 0 Å². The number of aromatic nitrogens is 1. The molecule has 1 aliphatic rings. The van der Waals surface area contributed by atoms with E-state index >= 15 is 0 Å². The summed E-state index contributed by atoms with van der Waals surface area (Å²) in [6.07, 6.45) is 8.20. The predicted octanol–water partition coefficient (Wildman–Crippen LogP) is 3.55. The Hall–Kier alpha value is -0.410. The minimum Gasteiger partial charge on any atom is -0.314 e. The van der Waals surface area contributed by atoms with Crippen molar-refractivity contribution in [2.45, 2.75) is 58.4 Å². The molecule has 0 aromatic carbocycles. The van der Waals surface area contributed by atoms with Crippen LogP contribution in [0, 0.1) is 12.8 Å². The summed E-state index contributed by atoms with van der Waals surface area (Å²) >= 11 is 1.77. The van der Waals surface area contributed by atoms with Gasteiger partial charge in [-0.1, -0.05) is 26.2 Å². The normalized spacial score (nSPS) is 19.4. The SMILES string of the molecule is CCNC(Cc1csc(C)n1)C1CCCCC1. The van der Waals surface area contributed by atoms with Gasteiger partial charge in [0.25, 0.3) is 0 Å². The molecule has 1 heterocycles. The Labute approximate surface area is 109 Å². The fourth-order valence-corrected chi connectivity index (χ4v) is 3.56. The molecule has 2 nitrogen and oxygen atoms in total. The van der Waals surface area contributed by atoms with E-state index < -0.39 is 0 Å². The van der Waals surface area contributed by atoms with Crippen LogP contribution >= 0.6 is 11.3 Å². The van der Waals surface area contributed by atoms with Gasteiger partial charge in [-0.15, -0.1) is 11.3 Å². The summed E-state index contributed by atoms with van der Waals surface area (Å²) in [6, 6.07) is 0.641. The molecule has 0 saturated heterocycles. The van der Waals surface area contributed by atoms with Gasteiger partial charge in [0, 0.05) is 17.8 Å². The summed E-state index contributed by atoms with van der Waals surface area (Å²) in [5.41, 5.74) is 1.28. The van der Waals surface area contributed by atoms with Crippen LogP contribution in [0.25, 0.3) is 0 Å². The van der Waals surface area contributed by atoms with Gasteiger partial charge in [0.2, 0.25) is 0 Å². The van der Waals surface area contributed by atoms with Crippen LogP contribution in [0.2, 0.25) is 0 Å². The average Bonchev–Trinajstić information content (AvgIpc) is 2.75. The lowest BCUT2D eigenvalue weighted by Gasteiger charge is -2.30. The highest BCUT2D eigenvalue weighted by atomic mass is 32.1. The molecule has 0 radical (unpaired) electrons. The van der Waals surface area contributed by atoms with Crippen LogP contribution < -0.4 is 5.32 Å². The van der Waals surface area contributed by atoms with Crippen molar-refractivity contribution in [3.05, 3.63) is 16.1 Å². The lowest BCUT2D eigenvalue weighted by Crippen LogP contribution is -2.39. The molecule has 1 aromatic heterocycles. The first-order valence-electron chi connectivity index (χ1n) is 6.94. The van der Waals surface area contributed by atoms with E-state index in [0.717, 1.165) is 18.9 Å². The van der Waals surface area contributed by atoms with Crippen LogP contribution in [0.5, 0.6) is 0 Å². The molecule has 0 spiro atoms. The van der Waals surface area contributed by atoms with Crippen LogP contribution in [0.3, 0.4) is 0 Å². The standard InChI is InChI=1S/C14H24N2S/c1-3-15-14(12-7-5-4-6-8-12)9-13-10-17-11(2)16-13/h10,12,14-15H,3-9H2,1-2H3. The summed E-state index contributed by atoms with van der Waals surface area (Å²) < 4.78 is 0. The fourth-order valence-electron chi connectivity index (χ4n) is 2.93. The molecule has 1 N–H and O–H groups in total. The molecule has 1 fully saturated rings. The molecule has 1 unspecified atom stereocenters. The summed E-state index contributed by atoms with van der Waals surface area (Å²) in [5.74, 6) is 0.866. The first kappa shape index (κ1) is 13.0. The Morgan fingerprint density at radius 3 is 2.76 bits per heavy atom. The first-order valence-corrected chi connectivity index (χ1v) is 7.82. The molecule has 2 rings (SSSR count). The third-order valence-electron chi connectivity index (χ3n) is 3.78. The van der Waals surface area contributed by atoms with E-state index in [0.29, 0.717) is 6.04 Å². The molecule has 3 heteroatoms. The van der Waals surface area contributed by atoms with E-state index in [1.165, 1.54) is 42.8 Å². The van der Waals surface area contributed by atoms with Gasteiger partial charge in [-0.25, -0.2) is 4.98 Å². The number of hydrogen-bond donors (Lipinski definition) is 1. The molecule has 1 saturated carbocycles. The number of likely N-dealkylation sites (N-methyl/N-ethyl adjacent to an activating group) is 1. The maximum Gasteiger partial charge on any atom is 0.0897 e. The highest BCUT2D eigenvalue weighted by molar-refractivity contribution is 7.09. The average molecular weight is 252 g/mol. The largest absolute Gasteiger partial charge is 0.314 e. The van der Waals surface area contributed by atoms with Crippen molar-refractivity contribution in [2.24, 2.45) is 5.92 Å². The van der Waals surface area contributed by atoms with Gasteiger partial charge in [0.1, 0.15) is 0 Å². The van der Waals surface area contributed by atoms with Crippen LogP contribution in [-0.4, -0.2) is 17.6 Å². The maximum atomic E-state index is 4.61. The number of thiazole rings is 1. The summed E-state index contributed by atoms with van der Waals surface area (Å²) in [5, 5.41) is 7.09. The molecular weight excluding hydrogens is 228 g/mol. The molecule has 0 aliphatic heterocycles. The lowest BCUT2D eigenvalue weighted by atomic mass is 9.82. The van der Waals surface area contributed by atoms with E-state index in [4.69, 9.17) is 0 Å². The monoisotopic (exact) mass is 252 g/mol. The Morgan fingerprint density at radius 1 is 1.41 bits per heavy atom. The van der Waals surface area contributed by atoms with Crippen LogP contribution in [0.15, 0.2) is 5.38 Å². The topological polar surface area (TPSA) is 24.9 Å². The van der Waals surface area contributed by atoms with E-state index in [9.17, 15) is 0 Å². The number of hydrogen-bond acceptors (Lipinski definition) is 3. The summed E-state index contributed by atoms with van der Waals surface area (Å²) in [4.78, 5) is 4.61. The Balaban J connectivity index is 1.95. The van der Waals surface area contributed by atoms with Gasteiger partial charge in [-0.05, 0) is 32.2 Å². The number of nitrogens with one attached hydrogen (secondary N) is 1. The van der Waals surface area contributed by atoms with Gasteiger partial charge < -0.3 is 5.32 Å². The second kappa shape index (κ2) is 6.50. The minimum absolute atomic E-state index is 0.641. The molecule has 1 aliphatic carbocycles. The van der Waals surface area contributed by atoms with Crippen molar-refractivity contribution >= 4 is 11.3 Å². The predicted molar refractivity (Wildman–Crippen MR) is 74.6 cm³/mol. The second-order valence-electron chi connectivity index (χ2n) is 5.12. The Morgan fingerprint density at radius 2 is 2.18 bits per heavy atom. The zero-order chi connectivity index (χ0) is 12.1. The lowest BCUT2D eigenvalue weighted by molar-refractivity contribution is 0.268. The number of aryl methyl sites for hydroxylation is 1. The second-order valence-corrected chi connectivity index (χ2v) is 6.19. The van der Waals surface area contributed by atoms with Crippen LogP contribution in [-0.2, 0) is 6.42 Å². The third kappa shape index (κ3) is 3.78. The van der Waals surface area contributed by atoms with Gasteiger partial charge >= 0.3 is 0 Å². The van der Waals surface area contributed by atoms with Crippen molar-refractivity contribution in [3.8, 4) is 0 Å². The fraction of sp³-hybridized carbons (Fsp3) is 0.786. The minimum atomic E-state index is 0.641. The quantitative estimate of drug-likeness (QED) is 0.867. The zero-order valence-electron chi connectivity index (χ0n) is 11.0. The molecule has 0 bridgehead atoms. The van der Waals surface area contributed by atoms with Gasteiger partial charge in [-0.3, -0.25) is 0 Å². The Kier molecular flexibility index (Phi) is 4.99. The molecule has 1 atom stereocenters. The third-order valence-corrected chi connectivity index (χ3v) is 4.60. The van der Waals surface area contributed by atoms with Crippen molar-refractivity contribution in [2.75, 3.05) is 6.54 Å². The van der Waals surface area contributed by atoms with Crippen molar-refractivity contribution in [1.29, 1.82) is 0 Å². The highest BCUT2D eigenvalue weighted by Gasteiger charge is 2.23. The molecule has 0 amide bonds. The number of rotatable bonds is 5. The van der Waals surface area contributed by atoms with Crippen LogP contribution in [0.4, 0.5) is 0 Å². The van der Waals surface area contributed by atoms with Crippen LogP contribution in [0.1, 0.15) is 49.7 Å². The van der Waals surface area contributed by atoms with Crippen molar-refractivity contribution < 1.29 is 0 Å². The van der Waals surface area contributed by atoms with Gasteiger partial charge in [0.05, 0.1) is 10.7 Å². The van der Waals surface area contributed by atoms with Crippen molar-refractivity contribution in [3.63, 3.8) is 0 Å². The summed E-state index contributed by atoms with van der Waals surface area (Å²) in [7, 11) is 0. The maximum absolute atomic E-state index is 4.61. The smallest absolute Gasteiger partial charge is 0.0897 e. The molecular formula is C14H24N2S. The zero-order valence-corrected chi connectivity index (χ0v) is 11.9. The molecule has 1 aromatic rings. The van der Waals surface area contributed by atoms with E-state index in [-0.39, 0.29) is 0 Å². The van der Waals surface area contributed by atoms with E-state index in [1.807, 2.05) is 0 Å². The molecule has 96 valence electrons. The van der Waals surface area contributed by atoms with Gasteiger partial charge in [0.15, 0.2) is 0 Å². The summed E-state index contributed by atoms with van der Waals surface area (Å²) in [6.45, 7) is 5.38. The first-order chi connectivity index (χ1) is 8.29. The number of nitrogens with zero attached hydrogens (tertiary/aromatic N) is 1. The van der Waals surface area contributed by atoms with Crippen molar-refractivity contribution in [1.82, 2.24) is 10.3 Å². The van der Waals surface area contributed by atoms with E-state index in [1.54, 1.807) is 11.3 Å². The highest BCUT2D eigenvalue weighted by Crippen LogP contribution is 2.28.